The molecule has 3 heterocycles. The number of thiophene rings is 1. The molecule has 0 atom stereocenters. The molecule has 3 aromatic heterocycles. The summed E-state index contributed by atoms with van der Waals surface area (Å²) in [6.45, 7) is 4.60. The second-order valence-electron chi connectivity index (χ2n) is 5.00. The number of fused-ring (bicyclic) bond motifs is 1. The number of hydrogen-bond donors (Lipinski definition) is 1. The summed E-state index contributed by atoms with van der Waals surface area (Å²) >= 11 is 1.52. The fourth-order valence-corrected chi connectivity index (χ4v) is 3.29. The summed E-state index contributed by atoms with van der Waals surface area (Å²) in [5.74, 6) is 1.38. The van der Waals surface area contributed by atoms with Crippen molar-refractivity contribution in [3.63, 3.8) is 0 Å². The minimum absolute atomic E-state index is 0.144. The summed E-state index contributed by atoms with van der Waals surface area (Å²) in [7, 11) is 1.72. The van der Waals surface area contributed by atoms with E-state index >= 15 is 0 Å². The van der Waals surface area contributed by atoms with Gasteiger partial charge in [-0.05, 0) is 24.8 Å². The minimum atomic E-state index is -0.144. The number of rotatable bonds is 5. The van der Waals surface area contributed by atoms with Gasteiger partial charge in [-0.1, -0.05) is 13.3 Å². The molecule has 116 valence electrons. The number of nitrogens with zero attached hydrogens (tertiary/aromatic N) is 3. The van der Waals surface area contributed by atoms with Gasteiger partial charge in [-0.25, -0.2) is 4.98 Å². The lowest BCUT2D eigenvalue weighted by atomic mass is 10.2. The summed E-state index contributed by atoms with van der Waals surface area (Å²) in [5.41, 5.74) is 1.82. The molecule has 22 heavy (non-hydrogen) atoms. The molecule has 0 aromatic carbocycles. The van der Waals surface area contributed by atoms with Gasteiger partial charge in [0.25, 0.3) is 5.56 Å². The van der Waals surface area contributed by atoms with E-state index in [1.54, 1.807) is 7.05 Å². The van der Waals surface area contributed by atoms with Crippen LogP contribution in [0, 0.1) is 0 Å². The van der Waals surface area contributed by atoms with Crippen LogP contribution < -0.4 is 10.3 Å². The lowest BCUT2D eigenvalue weighted by Crippen LogP contribution is -2.20. The van der Waals surface area contributed by atoms with Crippen LogP contribution in [0.25, 0.3) is 21.7 Å². The van der Waals surface area contributed by atoms with Gasteiger partial charge in [0.2, 0.25) is 0 Å². The number of aromatic nitrogens is 4. The van der Waals surface area contributed by atoms with E-state index in [0.29, 0.717) is 23.5 Å². The number of H-pyrrole nitrogens is 1. The molecule has 6 nitrogen and oxygen atoms in total. The van der Waals surface area contributed by atoms with Gasteiger partial charge in [0.05, 0.1) is 12.3 Å². The molecular formula is C15H18N4O2S. The Hall–Kier alpha value is -2.15. The second kappa shape index (κ2) is 5.92. The van der Waals surface area contributed by atoms with Crippen LogP contribution in [0.15, 0.2) is 16.2 Å². The molecule has 0 aliphatic rings. The van der Waals surface area contributed by atoms with Crippen molar-refractivity contribution < 1.29 is 4.74 Å². The van der Waals surface area contributed by atoms with Crippen molar-refractivity contribution in [2.45, 2.75) is 26.7 Å². The molecule has 0 aliphatic heterocycles. The first-order chi connectivity index (χ1) is 10.7. The molecule has 0 fully saturated rings. The maximum absolute atomic E-state index is 12.5. The van der Waals surface area contributed by atoms with Gasteiger partial charge in [-0.15, -0.1) is 11.3 Å². The molecule has 0 bridgehead atoms. The Kier molecular flexibility index (Phi) is 3.98. The average Bonchev–Trinajstić information content (AvgIpc) is 3.11. The van der Waals surface area contributed by atoms with Crippen molar-refractivity contribution >= 4 is 22.4 Å². The zero-order valence-electron chi connectivity index (χ0n) is 12.8. The molecule has 0 saturated carbocycles. The maximum Gasteiger partial charge on any atom is 0.281 e. The van der Waals surface area contributed by atoms with Crippen molar-refractivity contribution in [2.24, 2.45) is 7.05 Å². The second-order valence-corrected chi connectivity index (χ2v) is 5.91. The van der Waals surface area contributed by atoms with Crippen LogP contribution in [-0.2, 0) is 13.5 Å². The van der Waals surface area contributed by atoms with E-state index in [-0.39, 0.29) is 5.56 Å². The van der Waals surface area contributed by atoms with E-state index in [4.69, 9.17) is 9.72 Å². The molecule has 3 aromatic rings. The summed E-state index contributed by atoms with van der Waals surface area (Å²) < 4.78 is 7.16. The number of aromatic amines is 1. The monoisotopic (exact) mass is 318 g/mol. The lowest BCUT2D eigenvalue weighted by Gasteiger charge is -2.08. The molecule has 0 amide bonds. The smallest absolute Gasteiger partial charge is 0.281 e. The van der Waals surface area contributed by atoms with E-state index in [1.165, 1.54) is 15.9 Å². The Bertz CT molecular complexity index is 862. The fourth-order valence-electron chi connectivity index (χ4n) is 2.43. The normalized spacial score (nSPS) is 11.2. The highest BCUT2D eigenvalue weighted by Crippen LogP contribution is 2.34. The topological polar surface area (TPSA) is 72.8 Å². The summed E-state index contributed by atoms with van der Waals surface area (Å²) in [4.78, 5) is 18.1. The highest BCUT2D eigenvalue weighted by molar-refractivity contribution is 7.13. The summed E-state index contributed by atoms with van der Waals surface area (Å²) in [6.07, 6.45) is 1.78. The molecule has 3 rings (SSSR count). The zero-order valence-corrected chi connectivity index (χ0v) is 13.7. The highest BCUT2D eigenvalue weighted by atomic mass is 32.1. The van der Waals surface area contributed by atoms with Crippen LogP contribution >= 0.6 is 11.3 Å². The molecule has 0 aliphatic carbocycles. The Balaban J connectivity index is 2.25. The van der Waals surface area contributed by atoms with Crippen LogP contribution in [0.3, 0.4) is 0 Å². The Labute approximate surface area is 131 Å². The average molecular weight is 318 g/mol. The third-order valence-electron chi connectivity index (χ3n) is 3.49. The zero-order chi connectivity index (χ0) is 15.7. The largest absolute Gasteiger partial charge is 0.492 e. The van der Waals surface area contributed by atoms with Crippen LogP contribution in [0.2, 0.25) is 0 Å². The van der Waals surface area contributed by atoms with Crippen molar-refractivity contribution in [3.05, 3.63) is 27.5 Å². The first kappa shape index (κ1) is 14.8. The third kappa shape index (κ3) is 2.31. The number of hydrogen-bond acceptors (Lipinski definition) is 5. The Morgan fingerprint density at radius 3 is 2.91 bits per heavy atom. The molecule has 1 N–H and O–H groups in total. The number of nitrogens with one attached hydrogen (secondary N) is 1. The van der Waals surface area contributed by atoms with Gasteiger partial charge in [0, 0.05) is 7.05 Å². The lowest BCUT2D eigenvalue weighted by molar-refractivity contribution is 0.342. The SMILES string of the molecule is CCCc1[nH]nc2c(=O)n(C)c(-c3sccc3OCC)nc12. The maximum atomic E-state index is 12.5. The first-order valence-corrected chi connectivity index (χ1v) is 8.20. The fraction of sp³-hybridized carbons (Fsp3) is 0.400. The molecule has 7 heteroatoms. The number of aryl methyl sites for hydroxylation is 1. The van der Waals surface area contributed by atoms with Crippen LogP contribution in [0.1, 0.15) is 26.0 Å². The minimum Gasteiger partial charge on any atom is -0.492 e. The molecular weight excluding hydrogens is 300 g/mol. The molecule has 0 spiro atoms. The van der Waals surface area contributed by atoms with Gasteiger partial charge in [-0.3, -0.25) is 14.5 Å². The molecule has 0 saturated heterocycles. The van der Waals surface area contributed by atoms with Crippen molar-refractivity contribution in [1.82, 2.24) is 19.7 Å². The van der Waals surface area contributed by atoms with Gasteiger partial charge < -0.3 is 4.74 Å². The van der Waals surface area contributed by atoms with Crippen LogP contribution in [0.5, 0.6) is 5.75 Å². The first-order valence-electron chi connectivity index (χ1n) is 7.32. The third-order valence-corrected chi connectivity index (χ3v) is 4.38. The van der Waals surface area contributed by atoms with Gasteiger partial charge >= 0.3 is 0 Å². The van der Waals surface area contributed by atoms with Gasteiger partial charge in [0.15, 0.2) is 11.3 Å². The molecule has 0 radical (unpaired) electrons. The van der Waals surface area contributed by atoms with E-state index in [0.717, 1.165) is 29.2 Å². The summed E-state index contributed by atoms with van der Waals surface area (Å²) in [5, 5.41) is 9.01. The quantitative estimate of drug-likeness (QED) is 0.785. The highest BCUT2D eigenvalue weighted by Gasteiger charge is 2.18. The predicted molar refractivity (Wildman–Crippen MR) is 87.6 cm³/mol. The van der Waals surface area contributed by atoms with Gasteiger partial charge in [0.1, 0.15) is 16.1 Å². The van der Waals surface area contributed by atoms with E-state index in [1.807, 2.05) is 18.4 Å². The van der Waals surface area contributed by atoms with E-state index < -0.39 is 0 Å². The van der Waals surface area contributed by atoms with Gasteiger partial charge in [-0.2, -0.15) is 5.10 Å². The van der Waals surface area contributed by atoms with Crippen molar-refractivity contribution in [2.75, 3.05) is 6.61 Å². The van der Waals surface area contributed by atoms with Crippen molar-refractivity contribution in [1.29, 1.82) is 0 Å². The number of ether oxygens (including phenoxy) is 1. The predicted octanol–water partition coefficient (Wildman–Crippen LogP) is 2.74. The Morgan fingerprint density at radius 1 is 1.36 bits per heavy atom. The Morgan fingerprint density at radius 2 is 2.18 bits per heavy atom. The standard InChI is InChI=1S/C15H18N4O2S/c1-4-6-9-11-12(18-17-9)15(20)19(3)14(16-11)13-10(21-5-2)7-8-22-13/h7-8H,4-6H2,1-3H3,(H,17,18). The molecule has 0 unspecified atom stereocenters. The van der Waals surface area contributed by atoms with Crippen molar-refractivity contribution in [3.8, 4) is 16.5 Å². The van der Waals surface area contributed by atoms with Crippen LogP contribution in [-0.4, -0.2) is 26.4 Å². The van der Waals surface area contributed by atoms with E-state index in [9.17, 15) is 4.79 Å². The summed E-state index contributed by atoms with van der Waals surface area (Å²) in [6, 6.07) is 1.90. The van der Waals surface area contributed by atoms with Crippen LogP contribution in [0.4, 0.5) is 0 Å². The van der Waals surface area contributed by atoms with E-state index in [2.05, 4.69) is 17.1 Å².